The lowest BCUT2D eigenvalue weighted by Gasteiger charge is -2.16. The molecule has 0 aromatic heterocycles. The van der Waals surface area contributed by atoms with Gasteiger partial charge in [-0.1, -0.05) is 28.1 Å². The predicted molar refractivity (Wildman–Crippen MR) is 94.4 cm³/mol. The summed E-state index contributed by atoms with van der Waals surface area (Å²) in [5, 5.41) is 2.85. The van der Waals surface area contributed by atoms with Gasteiger partial charge in [0.05, 0.1) is 14.2 Å². The largest absolute Gasteiger partial charge is 0.496 e. The highest BCUT2D eigenvalue weighted by Gasteiger charge is 2.13. The molecule has 2 rings (SSSR count). The zero-order valence-electron chi connectivity index (χ0n) is 13.7. The third kappa shape index (κ3) is 5.62. The summed E-state index contributed by atoms with van der Waals surface area (Å²) in [6, 6.07) is 11.9. The van der Waals surface area contributed by atoms with Gasteiger partial charge in [-0.15, -0.1) is 0 Å². The Bertz CT molecular complexity index is 692. The highest BCUT2D eigenvalue weighted by Crippen LogP contribution is 2.22. The van der Waals surface area contributed by atoms with Crippen molar-refractivity contribution in [2.24, 2.45) is 0 Å². The van der Waals surface area contributed by atoms with E-state index >= 15 is 0 Å². The normalized spacial score (nSPS) is 11.8. The predicted octanol–water partition coefficient (Wildman–Crippen LogP) is 1.93. The van der Waals surface area contributed by atoms with Gasteiger partial charge in [-0.25, -0.2) is 4.39 Å². The van der Waals surface area contributed by atoms with Crippen LogP contribution in [0.15, 0.2) is 46.9 Å². The molecule has 0 fully saturated rings. The van der Waals surface area contributed by atoms with Gasteiger partial charge < -0.3 is 15.0 Å². The van der Waals surface area contributed by atoms with Gasteiger partial charge >= 0.3 is 0 Å². The number of benzene rings is 2. The number of ether oxygens (including phenoxy) is 1. The Morgan fingerprint density at radius 1 is 1.25 bits per heavy atom. The van der Waals surface area contributed by atoms with Crippen molar-refractivity contribution in [2.45, 2.75) is 13.1 Å². The van der Waals surface area contributed by atoms with Gasteiger partial charge in [0.25, 0.3) is 5.91 Å². The van der Waals surface area contributed by atoms with E-state index in [2.05, 4.69) is 21.2 Å². The fourth-order valence-corrected chi connectivity index (χ4v) is 2.82. The van der Waals surface area contributed by atoms with E-state index in [0.29, 0.717) is 19.6 Å². The van der Waals surface area contributed by atoms with Crippen LogP contribution in [0.1, 0.15) is 11.1 Å². The van der Waals surface area contributed by atoms with Gasteiger partial charge in [-0.3, -0.25) is 4.79 Å². The van der Waals surface area contributed by atoms with Crippen LogP contribution in [0, 0.1) is 5.82 Å². The summed E-state index contributed by atoms with van der Waals surface area (Å²) in [6.07, 6.45) is 0. The highest BCUT2D eigenvalue weighted by molar-refractivity contribution is 9.10. The van der Waals surface area contributed by atoms with Crippen LogP contribution in [0.5, 0.6) is 5.75 Å². The second-order valence-electron chi connectivity index (χ2n) is 5.67. The molecule has 0 bridgehead atoms. The molecule has 1 unspecified atom stereocenters. The summed E-state index contributed by atoms with van der Waals surface area (Å²) in [6.45, 7) is 1.41. The Kier molecular flexibility index (Phi) is 6.75. The van der Waals surface area contributed by atoms with E-state index in [0.717, 1.165) is 26.2 Å². The molecule has 4 nitrogen and oxygen atoms in total. The molecule has 0 aliphatic rings. The topological polar surface area (TPSA) is 42.8 Å². The van der Waals surface area contributed by atoms with Gasteiger partial charge in [0, 0.05) is 16.6 Å². The maximum absolute atomic E-state index is 12.9. The van der Waals surface area contributed by atoms with Crippen molar-refractivity contribution < 1.29 is 18.8 Å². The van der Waals surface area contributed by atoms with Crippen molar-refractivity contribution in [2.75, 3.05) is 20.7 Å². The van der Waals surface area contributed by atoms with Gasteiger partial charge in [0.2, 0.25) is 0 Å². The van der Waals surface area contributed by atoms with E-state index in [1.165, 1.54) is 12.1 Å². The van der Waals surface area contributed by atoms with Crippen LogP contribution in [0.25, 0.3) is 0 Å². The zero-order valence-corrected chi connectivity index (χ0v) is 15.3. The lowest BCUT2D eigenvalue weighted by molar-refractivity contribution is -0.885. The molecule has 2 aromatic carbocycles. The first-order valence-corrected chi connectivity index (χ1v) is 8.42. The lowest BCUT2D eigenvalue weighted by Crippen LogP contribution is -3.08. The van der Waals surface area contributed by atoms with Crippen LogP contribution < -0.4 is 15.0 Å². The summed E-state index contributed by atoms with van der Waals surface area (Å²) in [5.74, 6) is 0.479. The van der Waals surface area contributed by atoms with E-state index in [9.17, 15) is 9.18 Å². The first-order valence-electron chi connectivity index (χ1n) is 7.63. The molecule has 2 aromatic rings. The van der Waals surface area contributed by atoms with Crippen LogP contribution in [0.4, 0.5) is 4.39 Å². The van der Waals surface area contributed by atoms with Crippen molar-refractivity contribution >= 4 is 21.8 Å². The van der Waals surface area contributed by atoms with Crippen LogP contribution in [-0.4, -0.2) is 26.6 Å². The molecule has 0 aliphatic carbocycles. The third-order valence-electron chi connectivity index (χ3n) is 3.60. The quantitative estimate of drug-likeness (QED) is 0.751. The molecule has 1 atom stereocenters. The number of nitrogens with one attached hydrogen (secondary N) is 2. The molecule has 128 valence electrons. The number of carbonyl (C=O) groups excluding carboxylic acids is 1. The molecular formula is C18H21BrFN2O2+. The summed E-state index contributed by atoms with van der Waals surface area (Å²) in [4.78, 5) is 13.1. The Hall–Kier alpha value is -1.92. The van der Waals surface area contributed by atoms with Gasteiger partial charge in [0.1, 0.15) is 18.1 Å². The van der Waals surface area contributed by atoms with Gasteiger partial charge in [-0.05, 0) is 35.9 Å². The lowest BCUT2D eigenvalue weighted by atomic mass is 10.2. The number of rotatable bonds is 7. The zero-order chi connectivity index (χ0) is 17.5. The summed E-state index contributed by atoms with van der Waals surface area (Å²) in [7, 11) is 3.59. The summed E-state index contributed by atoms with van der Waals surface area (Å²) < 4.78 is 19.2. The fourth-order valence-electron chi connectivity index (χ4n) is 2.41. The van der Waals surface area contributed by atoms with E-state index < -0.39 is 0 Å². The molecular weight excluding hydrogens is 375 g/mol. The van der Waals surface area contributed by atoms with Crippen molar-refractivity contribution in [1.29, 1.82) is 0 Å². The number of carbonyl (C=O) groups is 1. The second kappa shape index (κ2) is 8.80. The van der Waals surface area contributed by atoms with Crippen LogP contribution >= 0.6 is 15.9 Å². The molecule has 0 aliphatic heterocycles. The number of hydrogen-bond donors (Lipinski definition) is 2. The summed E-state index contributed by atoms with van der Waals surface area (Å²) >= 11 is 3.45. The van der Waals surface area contributed by atoms with Crippen molar-refractivity contribution in [3.63, 3.8) is 0 Å². The number of amides is 1. The molecule has 0 saturated carbocycles. The van der Waals surface area contributed by atoms with Gasteiger partial charge in [-0.2, -0.15) is 0 Å². The first-order chi connectivity index (χ1) is 11.5. The SMILES string of the molecule is COc1ccc(Br)cc1C[NH+](C)CC(=O)NCc1ccc(F)cc1. The Morgan fingerprint density at radius 2 is 1.96 bits per heavy atom. The molecule has 0 spiro atoms. The van der Waals surface area contributed by atoms with Crippen LogP contribution in [-0.2, 0) is 17.9 Å². The monoisotopic (exact) mass is 395 g/mol. The van der Waals surface area contributed by atoms with E-state index in [-0.39, 0.29) is 11.7 Å². The molecule has 24 heavy (non-hydrogen) atoms. The minimum atomic E-state index is -0.280. The van der Waals surface area contributed by atoms with Crippen LogP contribution in [0.2, 0.25) is 0 Å². The fraction of sp³-hybridized carbons (Fsp3) is 0.278. The highest BCUT2D eigenvalue weighted by atomic mass is 79.9. The average Bonchev–Trinajstić information content (AvgIpc) is 2.54. The minimum absolute atomic E-state index is 0.0502. The number of methoxy groups -OCH3 is 1. The number of hydrogen-bond acceptors (Lipinski definition) is 2. The van der Waals surface area contributed by atoms with E-state index in [1.807, 2.05) is 25.2 Å². The molecule has 1 amide bonds. The first kappa shape index (κ1) is 18.4. The average molecular weight is 396 g/mol. The molecule has 0 heterocycles. The maximum Gasteiger partial charge on any atom is 0.275 e. The van der Waals surface area contributed by atoms with Crippen LogP contribution in [0.3, 0.4) is 0 Å². The van der Waals surface area contributed by atoms with Gasteiger partial charge in [0.15, 0.2) is 6.54 Å². The smallest absolute Gasteiger partial charge is 0.275 e. The number of halogens is 2. The molecule has 2 N–H and O–H groups in total. The molecule has 0 saturated heterocycles. The maximum atomic E-state index is 12.9. The van der Waals surface area contributed by atoms with Crippen molar-refractivity contribution in [1.82, 2.24) is 5.32 Å². The number of likely N-dealkylation sites (N-methyl/N-ethyl adjacent to an activating group) is 1. The standard InChI is InChI=1S/C18H20BrFN2O2/c1-22(11-14-9-15(19)5-8-17(14)24-2)12-18(23)21-10-13-3-6-16(20)7-4-13/h3-9H,10-12H2,1-2H3,(H,21,23)/p+1. The summed E-state index contributed by atoms with van der Waals surface area (Å²) in [5.41, 5.74) is 1.91. The second-order valence-corrected chi connectivity index (χ2v) is 6.59. The Balaban J connectivity index is 1.85. The third-order valence-corrected chi connectivity index (χ3v) is 4.09. The number of quaternary nitrogens is 1. The minimum Gasteiger partial charge on any atom is -0.496 e. The molecule has 6 heteroatoms. The van der Waals surface area contributed by atoms with Crippen molar-refractivity contribution in [3.8, 4) is 5.75 Å². The van der Waals surface area contributed by atoms with E-state index in [1.54, 1.807) is 19.2 Å². The van der Waals surface area contributed by atoms with Crippen molar-refractivity contribution in [3.05, 3.63) is 63.9 Å². The Labute approximate surface area is 149 Å². The Morgan fingerprint density at radius 3 is 2.62 bits per heavy atom. The molecule has 0 radical (unpaired) electrons. The van der Waals surface area contributed by atoms with E-state index in [4.69, 9.17) is 4.74 Å².